The minimum atomic E-state index is -3.90. The average molecular weight is 445 g/mol. The van der Waals surface area contributed by atoms with Crippen LogP contribution in [0.25, 0.3) is 10.9 Å². The third-order valence-corrected chi connectivity index (χ3v) is 6.95. The van der Waals surface area contributed by atoms with Crippen molar-refractivity contribution in [1.29, 1.82) is 0 Å². The van der Waals surface area contributed by atoms with Crippen LogP contribution in [0.5, 0.6) is 5.88 Å². The van der Waals surface area contributed by atoms with Crippen LogP contribution in [0.4, 0.5) is 17.1 Å². The Labute approximate surface area is 177 Å². The third-order valence-electron chi connectivity index (χ3n) is 5.06. The smallest absolute Gasteiger partial charge is 0.298 e. The van der Waals surface area contributed by atoms with Crippen LogP contribution in [0.2, 0.25) is 0 Å². The van der Waals surface area contributed by atoms with Crippen LogP contribution in [0, 0.1) is 10.1 Å². The molecule has 162 valence electrons. The number of aromatic hydroxyl groups is 1. The first kappa shape index (κ1) is 20.9. The Morgan fingerprint density at radius 3 is 2.55 bits per heavy atom. The number of nitro groups is 1. The van der Waals surface area contributed by atoms with Crippen LogP contribution in [0.3, 0.4) is 0 Å². The molecule has 31 heavy (non-hydrogen) atoms. The van der Waals surface area contributed by atoms with Crippen molar-refractivity contribution in [3.05, 3.63) is 52.6 Å². The van der Waals surface area contributed by atoms with Gasteiger partial charge in [0.25, 0.3) is 5.69 Å². The Kier molecular flexibility index (Phi) is 5.43. The highest BCUT2D eigenvalue weighted by Gasteiger charge is 2.29. The molecule has 3 aromatic rings. The molecular formula is C19H19N5O6S. The van der Waals surface area contributed by atoms with E-state index in [1.54, 1.807) is 31.3 Å². The molecule has 1 aliphatic rings. The van der Waals surface area contributed by atoms with Crippen molar-refractivity contribution >= 4 is 38.0 Å². The predicted octanol–water partition coefficient (Wildman–Crippen LogP) is 3.23. The van der Waals surface area contributed by atoms with Gasteiger partial charge in [-0.25, -0.2) is 8.42 Å². The SMILES string of the molecule is Cn1c(O)c(N=Nc2ccc(S(=O)(=O)N3CCOCC3)cc2[N+](=O)[O-])c2ccccc21. The molecule has 0 spiro atoms. The molecule has 0 amide bonds. The Morgan fingerprint density at radius 1 is 1.13 bits per heavy atom. The largest absolute Gasteiger partial charge is 0.493 e. The van der Waals surface area contributed by atoms with E-state index in [9.17, 15) is 23.6 Å². The van der Waals surface area contributed by atoms with Gasteiger partial charge in [-0.05, 0) is 18.2 Å². The van der Waals surface area contributed by atoms with E-state index in [0.29, 0.717) is 5.39 Å². The average Bonchev–Trinajstić information content (AvgIpc) is 3.02. The molecule has 0 radical (unpaired) electrons. The van der Waals surface area contributed by atoms with Gasteiger partial charge in [0.15, 0.2) is 11.4 Å². The molecule has 11 nitrogen and oxygen atoms in total. The number of para-hydroxylation sites is 1. The quantitative estimate of drug-likeness (QED) is 0.363. The van der Waals surface area contributed by atoms with Gasteiger partial charge in [-0.15, -0.1) is 10.2 Å². The molecule has 1 aromatic heterocycles. The van der Waals surface area contributed by atoms with Crippen molar-refractivity contribution in [3.63, 3.8) is 0 Å². The van der Waals surface area contributed by atoms with E-state index >= 15 is 0 Å². The number of hydrogen-bond acceptors (Lipinski definition) is 8. The summed E-state index contributed by atoms with van der Waals surface area (Å²) < 4.78 is 33.5. The standard InChI is InChI=1S/C19H19N5O6S/c1-22-16-5-3-2-4-14(16)18(19(22)25)21-20-15-7-6-13(12-17(15)24(26)27)31(28,29)23-8-10-30-11-9-23/h2-7,12,25H,8-11H2,1H3. The van der Waals surface area contributed by atoms with Gasteiger partial charge in [0.05, 0.1) is 28.5 Å². The van der Waals surface area contributed by atoms with Crippen LogP contribution < -0.4 is 0 Å². The zero-order chi connectivity index (χ0) is 22.2. The Bertz CT molecular complexity index is 1290. The lowest BCUT2D eigenvalue weighted by Crippen LogP contribution is -2.40. The third kappa shape index (κ3) is 3.76. The Morgan fingerprint density at radius 2 is 1.84 bits per heavy atom. The zero-order valence-corrected chi connectivity index (χ0v) is 17.3. The van der Waals surface area contributed by atoms with Crippen LogP contribution in [-0.2, 0) is 21.8 Å². The second kappa shape index (κ2) is 8.06. The molecule has 0 aliphatic carbocycles. The van der Waals surface area contributed by atoms with E-state index < -0.39 is 20.6 Å². The van der Waals surface area contributed by atoms with Crippen molar-refractivity contribution in [2.75, 3.05) is 26.3 Å². The van der Waals surface area contributed by atoms with Gasteiger partial charge in [0, 0.05) is 31.6 Å². The number of aromatic nitrogens is 1. The molecule has 12 heteroatoms. The number of rotatable bonds is 5. The number of sulfonamides is 1. The molecule has 1 saturated heterocycles. The summed E-state index contributed by atoms with van der Waals surface area (Å²) in [6.07, 6.45) is 0. The topological polar surface area (TPSA) is 140 Å². The van der Waals surface area contributed by atoms with Crippen LogP contribution in [0.15, 0.2) is 57.6 Å². The fraction of sp³-hybridized carbons (Fsp3) is 0.263. The van der Waals surface area contributed by atoms with Gasteiger partial charge in [-0.2, -0.15) is 4.31 Å². The number of benzene rings is 2. The summed E-state index contributed by atoms with van der Waals surface area (Å²) in [5, 5.41) is 30.5. The van der Waals surface area contributed by atoms with Gasteiger partial charge in [0.1, 0.15) is 0 Å². The molecular weight excluding hydrogens is 426 g/mol. The number of hydrogen-bond donors (Lipinski definition) is 1. The maximum absolute atomic E-state index is 12.8. The lowest BCUT2D eigenvalue weighted by Gasteiger charge is -2.25. The van der Waals surface area contributed by atoms with E-state index in [1.165, 1.54) is 21.0 Å². The first-order valence-electron chi connectivity index (χ1n) is 9.35. The first-order valence-corrected chi connectivity index (χ1v) is 10.8. The number of aryl methyl sites for hydroxylation is 1. The van der Waals surface area contributed by atoms with Gasteiger partial charge >= 0.3 is 0 Å². The number of fused-ring (bicyclic) bond motifs is 1. The molecule has 1 N–H and O–H groups in total. The molecule has 2 heterocycles. The molecule has 1 fully saturated rings. The summed E-state index contributed by atoms with van der Waals surface area (Å²) in [5.41, 5.74) is 0.254. The molecule has 0 saturated carbocycles. The molecule has 0 unspecified atom stereocenters. The van der Waals surface area contributed by atoms with E-state index in [-0.39, 0.29) is 48.5 Å². The van der Waals surface area contributed by atoms with Crippen molar-refractivity contribution < 1.29 is 23.2 Å². The van der Waals surface area contributed by atoms with E-state index in [2.05, 4.69) is 10.2 Å². The van der Waals surface area contributed by atoms with Gasteiger partial charge < -0.3 is 14.4 Å². The Hall–Kier alpha value is -3.35. The summed E-state index contributed by atoms with van der Waals surface area (Å²) in [6.45, 7) is 0.889. The molecule has 4 rings (SSSR count). The summed E-state index contributed by atoms with van der Waals surface area (Å²) in [5.74, 6) is -0.140. The second-order valence-electron chi connectivity index (χ2n) is 6.87. The minimum Gasteiger partial charge on any atom is -0.493 e. The van der Waals surface area contributed by atoms with Gasteiger partial charge in [-0.1, -0.05) is 18.2 Å². The monoisotopic (exact) mass is 445 g/mol. The zero-order valence-electron chi connectivity index (χ0n) is 16.5. The summed E-state index contributed by atoms with van der Waals surface area (Å²) >= 11 is 0. The lowest BCUT2D eigenvalue weighted by molar-refractivity contribution is -0.384. The minimum absolute atomic E-state index is 0.127. The van der Waals surface area contributed by atoms with Crippen LogP contribution >= 0.6 is 0 Å². The highest BCUT2D eigenvalue weighted by molar-refractivity contribution is 7.89. The fourth-order valence-electron chi connectivity index (χ4n) is 3.39. The number of morpholine rings is 1. The highest BCUT2D eigenvalue weighted by Crippen LogP contribution is 2.39. The van der Waals surface area contributed by atoms with Crippen molar-refractivity contribution in [2.24, 2.45) is 17.3 Å². The summed E-state index contributed by atoms with van der Waals surface area (Å²) in [6, 6.07) is 10.6. The first-order chi connectivity index (χ1) is 14.8. The molecule has 0 atom stereocenters. The van der Waals surface area contributed by atoms with Crippen molar-refractivity contribution in [3.8, 4) is 5.88 Å². The van der Waals surface area contributed by atoms with Crippen molar-refractivity contribution in [2.45, 2.75) is 4.90 Å². The van der Waals surface area contributed by atoms with Gasteiger partial charge in [-0.3, -0.25) is 10.1 Å². The molecule has 1 aliphatic heterocycles. The maximum Gasteiger partial charge on any atom is 0.298 e. The van der Waals surface area contributed by atoms with Crippen molar-refractivity contribution in [1.82, 2.24) is 8.87 Å². The fourth-order valence-corrected chi connectivity index (χ4v) is 4.82. The number of ether oxygens (including phenoxy) is 1. The molecule has 2 aromatic carbocycles. The van der Waals surface area contributed by atoms with E-state index in [1.807, 2.05) is 0 Å². The van der Waals surface area contributed by atoms with Crippen LogP contribution in [-0.4, -0.2) is 53.6 Å². The van der Waals surface area contributed by atoms with E-state index in [4.69, 9.17) is 4.74 Å². The number of nitrogens with zero attached hydrogens (tertiary/aromatic N) is 5. The van der Waals surface area contributed by atoms with Crippen LogP contribution in [0.1, 0.15) is 0 Å². The Balaban J connectivity index is 1.73. The van der Waals surface area contributed by atoms with E-state index in [0.717, 1.165) is 11.6 Å². The lowest BCUT2D eigenvalue weighted by atomic mass is 10.2. The number of azo groups is 1. The normalized spacial score (nSPS) is 15.6. The van der Waals surface area contributed by atoms with Gasteiger partial charge in [0.2, 0.25) is 15.9 Å². The summed E-state index contributed by atoms with van der Waals surface area (Å²) in [7, 11) is -2.24. The number of nitro benzene ring substituents is 1. The highest BCUT2D eigenvalue weighted by atomic mass is 32.2. The second-order valence-corrected chi connectivity index (χ2v) is 8.81. The predicted molar refractivity (Wildman–Crippen MR) is 111 cm³/mol. The maximum atomic E-state index is 12.8. The molecule has 0 bridgehead atoms. The summed E-state index contributed by atoms with van der Waals surface area (Å²) in [4.78, 5) is 10.7.